The largest absolute Gasteiger partial charge is 0.462 e. The Kier molecular flexibility index (Phi) is 16.5. The van der Waals surface area contributed by atoms with Gasteiger partial charge in [-0.2, -0.15) is 0 Å². The van der Waals surface area contributed by atoms with Gasteiger partial charge in [-0.05, 0) is 50.5 Å². The molecule has 0 aliphatic rings. The molecule has 4 atom stereocenters. The van der Waals surface area contributed by atoms with Gasteiger partial charge in [-0.1, -0.05) is 92.0 Å². The van der Waals surface area contributed by atoms with Gasteiger partial charge in [-0.3, -0.25) is 4.79 Å². The third-order valence-corrected chi connectivity index (χ3v) is 11.6. The lowest BCUT2D eigenvalue weighted by molar-refractivity contribution is -0.150. The van der Waals surface area contributed by atoms with E-state index in [0.717, 1.165) is 11.6 Å². The first-order valence-corrected chi connectivity index (χ1v) is 18.1. The van der Waals surface area contributed by atoms with Crippen LogP contribution in [0.25, 0.3) is 0 Å². The molecule has 0 radical (unpaired) electrons. The van der Waals surface area contributed by atoms with Gasteiger partial charge in [0.05, 0.1) is 19.1 Å². The van der Waals surface area contributed by atoms with Gasteiger partial charge in [0.15, 0.2) is 8.32 Å². The fourth-order valence-electron chi connectivity index (χ4n) is 3.41. The Balaban J connectivity index is 2.66. The summed E-state index contributed by atoms with van der Waals surface area (Å²) in [5, 5.41) is 0.0401. The Hall–Kier alpha value is -1.88. The van der Waals surface area contributed by atoms with Crippen LogP contribution in [0.5, 0.6) is 0 Å². The maximum Gasteiger partial charge on any atom is 0.330 e. The molecule has 0 spiro atoms. The van der Waals surface area contributed by atoms with Crippen LogP contribution >= 0.6 is 34.8 Å². The molecule has 0 unspecified atom stereocenters. The van der Waals surface area contributed by atoms with Crippen LogP contribution in [0.1, 0.15) is 59.9 Å². The molecule has 0 aliphatic carbocycles. The molecule has 0 fully saturated rings. The van der Waals surface area contributed by atoms with Crippen LogP contribution in [0, 0.1) is 0 Å². The van der Waals surface area contributed by atoms with Crippen molar-refractivity contribution in [1.82, 2.24) is 0 Å². The second-order valence-corrected chi connectivity index (χ2v) is 19.1. The van der Waals surface area contributed by atoms with Crippen LogP contribution < -0.4 is 0 Å². The van der Waals surface area contributed by atoms with Crippen LogP contribution in [0.4, 0.5) is 0 Å². The number of rotatable bonds is 16. The summed E-state index contributed by atoms with van der Waals surface area (Å²) in [6, 6.07) is 9.38. The van der Waals surface area contributed by atoms with E-state index in [-0.39, 0.29) is 30.1 Å². The molecule has 43 heavy (non-hydrogen) atoms. The first-order valence-electron chi connectivity index (χ1n) is 14.1. The Morgan fingerprint density at radius 2 is 1.53 bits per heavy atom. The summed E-state index contributed by atoms with van der Waals surface area (Å²) >= 11 is 16.9. The van der Waals surface area contributed by atoms with Crippen molar-refractivity contribution in [2.75, 3.05) is 6.61 Å². The highest BCUT2D eigenvalue weighted by Gasteiger charge is 2.38. The lowest BCUT2D eigenvalue weighted by atomic mass is 10.2. The molecule has 12 heteroatoms. The van der Waals surface area contributed by atoms with Gasteiger partial charge in [-0.15, -0.1) is 0 Å². The normalized spacial score (nSPS) is 15.6. The molecule has 242 valence electrons. The second-order valence-electron chi connectivity index (χ2n) is 11.8. The summed E-state index contributed by atoms with van der Waals surface area (Å²) in [4.78, 5) is 37.0. The highest BCUT2D eigenvalue weighted by molar-refractivity contribution is 6.74. The van der Waals surface area contributed by atoms with Gasteiger partial charge < -0.3 is 23.4 Å². The van der Waals surface area contributed by atoms with Gasteiger partial charge in [0, 0.05) is 18.6 Å². The minimum absolute atomic E-state index is 0.0401. The van der Waals surface area contributed by atoms with E-state index >= 15 is 0 Å². The van der Waals surface area contributed by atoms with E-state index in [2.05, 4.69) is 33.9 Å². The Bertz CT molecular complexity index is 1080. The molecule has 0 saturated heterocycles. The molecule has 0 aromatic heterocycles. The maximum atomic E-state index is 12.5. The first-order chi connectivity index (χ1) is 19.8. The van der Waals surface area contributed by atoms with Crippen molar-refractivity contribution >= 4 is 61.0 Å². The fraction of sp³-hybridized carbons (Fsp3) is 0.581. The van der Waals surface area contributed by atoms with Crippen molar-refractivity contribution in [3.8, 4) is 0 Å². The van der Waals surface area contributed by atoms with E-state index in [1.807, 2.05) is 37.3 Å². The van der Waals surface area contributed by atoms with Gasteiger partial charge in [0.1, 0.15) is 24.9 Å². The summed E-state index contributed by atoms with van der Waals surface area (Å²) in [7, 11) is -2.00. The van der Waals surface area contributed by atoms with Crippen molar-refractivity contribution in [3.63, 3.8) is 0 Å². The minimum atomic E-state index is -2.00. The van der Waals surface area contributed by atoms with E-state index in [1.165, 1.54) is 12.2 Å². The van der Waals surface area contributed by atoms with Gasteiger partial charge in [0.25, 0.3) is 0 Å². The van der Waals surface area contributed by atoms with Crippen LogP contribution in [-0.4, -0.2) is 61.0 Å². The quantitative estimate of drug-likeness (QED) is 0.0578. The second kappa shape index (κ2) is 18.2. The number of ether oxygens (including phenoxy) is 4. The van der Waals surface area contributed by atoms with Gasteiger partial charge in [-0.25, -0.2) is 9.59 Å². The topological polar surface area (TPSA) is 97.4 Å². The van der Waals surface area contributed by atoms with Crippen LogP contribution in [-0.2, 0) is 44.4 Å². The van der Waals surface area contributed by atoms with Crippen molar-refractivity contribution < 1.29 is 37.8 Å². The van der Waals surface area contributed by atoms with Crippen molar-refractivity contribution in [2.24, 2.45) is 0 Å². The molecule has 0 heterocycles. The number of esters is 3. The number of hydrogen-bond donors (Lipinski definition) is 0. The number of alkyl halides is 3. The first kappa shape index (κ1) is 39.1. The molecular formula is C31H45Cl3O8Si. The van der Waals surface area contributed by atoms with Crippen molar-refractivity contribution in [3.05, 3.63) is 60.2 Å². The highest BCUT2D eigenvalue weighted by Crippen LogP contribution is 2.37. The highest BCUT2D eigenvalue weighted by atomic mass is 35.6. The van der Waals surface area contributed by atoms with E-state index in [0.29, 0.717) is 6.42 Å². The lowest BCUT2D eigenvalue weighted by Gasteiger charge is -2.38. The molecule has 8 nitrogen and oxygen atoms in total. The van der Waals surface area contributed by atoms with Crippen molar-refractivity contribution in [2.45, 2.75) is 107 Å². The van der Waals surface area contributed by atoms with Crippen LogP contribution in [0.15, 0.2) is 54.6 Å². The minimum Gasteiger partial charge on any atom is -0.462 e. The number of hydrogen-bond acceptors (Lipinski definition) is 8. The zero-order valence-corrected chi connectivity index (χ0v) is 29.5. The van der Waals surface area contributed by atoms with Gasteiger partial charge in [0.2, 0.25) is 3.79 Å². The Morgan fingerprint density at radius 1 is 0.907 bits per heavy atom. The predicted octanol–water partition coefficient (Wildman–Crippen LogP) is 7.65. The number of carbonyl (C=O) groups is 3. The summed E-state index contributed by atoms with van der Waals surface area (Å²) in [6.45, 7) is 15.7. The molecule has 0 bridgehead atoms. The van der Waals surface area contributed by atoms with Crippen LogP contribution in [0.2, 0.25) is 18.1 Å². The summed E-state index contributed by atoms with van der Waals surface area (Å²) in [6.07, 6.45) is 3.59. The third kappa shape index (κ3) is 17.3. The molecule has 1 aromatic carbocycles. The van der Waals surface area contributed by atoms with E-state index < -0.39 is 49.0 Å². The summed E-state index contributed by atoms with van der Waals surface area (Å²) in [5.41, 5.74) is 0.891. The lowest BCUT2D eigenvalue weighted by Crippen LogP contribution is -2.43. The predicted molar refractivity (Wildman–Crippen MR) is 173 cm³/mol. The zero-order valence-electron chi connectivity index (χ0n) is 26.2. The van der Waals surface area contributed by atoms with E-state index in [4.69, 9.17) is 58.2 Å². The molecule has 0 saturated carbocycles. The smallest absolute Gasteiger partial charge is 0.330 e. The van der Waals surface area contributed by atoms with E-state index in [1.54, 1.807) is 19.9 Å². The average Bonchev–Trinajstić information content (AvgIpc) is 2.86. The zero-order chi connectivity index (χ0) is 32.8. The number of benzene rings is 1. The maximum absolute atomic E-state index is 12.5. The van der Waals surface area contributed by atoms with Crippen LogP contribution in [0.3, 0.4) is 0 Å². The standard InChI is InChI=1S/C31H45Cl3O8Si/c1-22(40-29(37)19-23(2)42-43(7,8)30(4,5)6)13-12-16-28(36)41-24(3)26(38-20-25-14-10-9-11-15-25)17-18-27(35)39-21-31(32,33)34/h9-12,14-18,22-24,26H,13,19-21H2,1-8H3/b16-12+,18-17+/t22-,23+,24-,26+/m0/s1. The monoisotopic (exact) mass is 678 g/mol. The summed E-state index contributed by atoms with van der Waals surface area (Å²) in [5.74, 6) is -1.73. The molecule has 1 rings (SSSR count). The van der Waals surface area contributed by atoms with E-state index in [9.17, 15) is 14.4 Å². The Morgan fingerprint density at radius 3 is 2.12 bits per heavy atom. The fourth-order valence-corrected chi connectivity index (χ4v) is 5.02. The SMILES string of the molecule is C[C@H](CC(=O)O[C@@H](C)C/C=C/C(=O)O[C@@H](C)[C@@H](/C=C/C(=O)OCC(Cl)(Cl)Cl)OCc1ccccc1)O[Si](C)(C)C(C)(C)C. The summed E-state index contributed by atoms with van der Waals surface area (Å²) < 4.78 is 26.3. The molecule has 1 aromatic rings. The number of halogens is 3. The molecule has 0 amide bonds. The Labute approximate surface area is 272 Å². The van der Waals surface area contributed by atoms with Crippen molar-refractivity contribution in [1.29, 1.82) is 0 Å². The number of carbonyl (C=O) groups excluding carboxylic acids is 3. The third-order valence-electron chi connectivity index (χ3n) is 6.66. The average molecular weight is 680 g/mol. The molecular weight excluding hydrogens is 635 g/mol. The van der Waals surface area contributed by atoms with Gasteiger partial charge >= 0.3 is 17.9 Å². The molecule has 0 aliphatic heterocycles. The molecule has 0 N–H and O–H groups in total.